The molecule has 1 aromatic carbocycles. The molecule has 0 N–H and O–H groups in total. The van der Waals surface area contributed by atoms with E-state index in [2.05, 4.69) is 39.8 Å². The zero-order chi connectivity index (χ0) is 10.8. The summed E-state index contributed by atoms with van der Waals surface area (Å²) in [6.45, 7) is 8.62. The molecular weight excluding hydrogens is 170 g/mol. The normalized spacial score (nSPS) is 11.1. The van der Waals surface area contributed by atoms with E-state index in [-0.39, 0.29) is 5.41 Å². The second-order valence-electron chi connectivity index (χ2n) is 4.63. The van der Waals surface area contributed by atoms with Crippen LogP contribution in [0.3, 0.4) is 0 Å². The first-order valence-corrected chi connectivity index (χ1v) is 5.02. The van der Waals surface area contributed by atoms with Crippen molar-refractivity contribution in [3.8, 4) is 6.07 Å². The molecule has 1 heteroatoms. The summed E-state index contributed by atoms with van der Waals surface area (Å²) in [7, 11) is 0. The second-order valence-corrected chi connectivity index (χ2v) is 4.63. The maximum Gasteiger partial charge on any atom is 0.0991 e. The highest BCUT2D eigenvalue weighted by Crippen LogP contribution is 2.24. The van der Waals surface area contributed by atoms with Crippen molar-refractivity contribution in [2.75, 3.05) is 0 Å². The molecular formula is C13H17N. The number of nitrogens with zero attached hydrogens (tertiary/aromatic N) is 1. The molecule has 0 amide bonds. The van der Waals surface area contributed by atoms with Gasteiger partial charge in [0.25, 0.3) is 0 Å². The van der Waals surface area contributed by atoms with E-state index in [1.165, 1.54) is 11.1 Å². The average Bonchev–Trinajstić information content (AvgIpc) is 2.15. The lowest BCUT2D eigenvalue weighted by Gasteiger charge is -2.20. The minimum atomic E-state index is 0.122. The highest BCUT2D eigenvalue weighted by Gasteiger charge is 2.14. The van der Waals surface area contributed by atoms with Gasteiger partial charge in [0.2, 0.25) is 0 Å². The molecule has 0 aliphatic rings. The van der Waals surface area contributed by atoms with Crippen LogP contribution in [0.2, 0.25) is 0 Å². The van der Waals surface area contributed by atoms with Crippen molar-refractivity contribution < 1.29 is 0 Å². The smallest absolute Gasteiger partial charge is 0.0991 e. The molecule has 0 saturated heterocycles. The second kappa shape index (κ2) is 3.84. The quantitative estimate of drug-likeness (QED) is 0.661. The van der Waals surface area contributed by atoms with E-state index in [4.69, 9.17) is 5.26 Å². The number of aryl methyl sites for hydroxylation is 1. The summed E-state index contributed by atoms with van der Waals surface area (Å²) in [5.41, 5.74) is 3.38. The van der Waals surface area contributed by atoms with Crippen LogP contribution in [-0.4, -0.2) is 0 Å². The molecule has 74 valence electrons. The van der Waals surface area contributed by atoms with Crippen molar-refractivity contribution in [1.29, 1.82) is 5.26 Å². The summed E-state index contributed by atoms with van der Waals surface area (Å²) in [5, 5.41) is 8.90. The lowest BCUT2D eigenvalue weighted by Crippen LogP contribution is -2.11. The van der Waals surface area contributed by atoms with E-state index in [0.29, 0.717) is 0 Å². The van der Waals surface area contributed by atoms with Crippen LogP contribution in [0.15, 0.2) is 18.2 Å². The Labute approximate surface area is 86.4 Å². The maximum atomic E-state index is 8.90. The lowest BCUT2D eigenvalue weighted by molar-refractivity contribution is 0.589. The van der Waals surface area contributed by atoms with Gasteiger partial charge in [0.05, 0.1) is 11.6 Å². The molecule has 0 fully saturated rings. The fraction of sp³-hybridized carbons (Fsp3) is 0.462. The SMILES string of the molecule is CCc1cc(C#N)cc(C(C)(C)C)c1. The van der Waals surface area contributed by atoms with Gasteiger partial charge in [0, 0.05) is 0 Å². The zero-order valence-corrected chi connectivity index (χ0v) is 9.39. The minimum Gasteiger partial charge on any atom is -0.192 e. The van der Waals surface area contributed by atoms with E-state index < -0.39 is 0 Å². The molecule has 0 bridgehead atoms. The maximum absolute atomic E-state index is 8.90. The first-order chi connectivity index (χ1) is 6.47. The number of benzene rings is 1. The molecule has 0 atom stereocenters. The van der Waals surface area contributed by atoms with Gasteiger partial charge in [0.1, 0.15) is 0 Å². The number of rotatable bonds is 1. The van der Waals surface area contributed by atoms with Gasteiger partial charge in [-0.05, 0) is 35.1 Å². The van der Waals surface area contributed by atoms with Crippen LogP contribution in [-0.2, 0) is 11.8 Å². The first-order valence-electron chi connectivity index (χ1n) is 5.02. The van der Waals surface area contributed by atoms with Crippen molar-refractivity contribution in [1.82, 2.24) is 0 Å². The summed E-state index contributed by atoms with van der Waals surface area (Å²) >= 11 is 0. The van der Waals surface area contributed by atoms with Gasteiger partial charge in [0.15, 0.2) is 0 Å². The fourth-order valence-corrected chi connectivity index (χ4v) is 1.39. The van der Waals surface area contributed by atoms with Crippen LogP contribution in [0, 0.1) is 11.3 Å². The molecule has 0 saturated carbocycles. The Morgan fingerprint density at radius 1 is 1.21 bits per heavy atom. The van der Waals surface area contributed by atoms with Crippen LogP contribution in [0.1, 0.15) is 44.4 Å². The molecule has 1 nitrogen and oxygen atoms in total. The highest BCUT2D eigenvalue weighted by molar-refractivity contribution is 5.40. The third-order valence-electron chi connectivity index (χ3n) is 2.40. The molecule has 1 aromatic rings. The van der Waals surface area contributed by atoms with Gasteiger partial charge in [-0.1, -0.05) is 33.8 Å². The van der Waals surface area contributed by atoms with Crippen molar-refractivity contribution in [3.63, 3.8) is 0 Å². The number of hydrogen-bond donors (Lipinski definition) is 0. The summed E-state index contributed by atoms with van der Waals surface area (Å²) in [6.07, 6.45) is 0.985. The van der Waals surface area contributed by atoms with Crippen LogP contribution < -0.4 is 0 Å². The van der Waals surface area contributed by atoms with Crippen LogP contribution in [0.5, 0.6) is 0 Å². The van der Waals surface area contributed by atoms with Crippen LogP contribution in [0.4, 0.5) is 0 Å². The molecule has 0 radical (unpaired) electrons. The predicted molar refractivity (Wildman–Crippen MR) is 59.2 cm³/mol. The molecule has 0 spiro atoms. The number of nitriles is 1. The molecule has 0 aliphatic carbocycles. The van der Waals surface area contributed by atoms with E-state index in [0.717, 1.165) is 12.0 Å². The van der Waals surface area contributed by atoms with Gasteiger partial charge in [-0.3, -0.25) is 0 Å². The average molecular weight is 187 g/mol. The van der Waals surface area contributed by atoms with Gasteiger partial charge in [-0.2, -0.15) is 5.26 Å². The predicted octanol–water partition coefficient (Wildman–Crippen LogP) is 3.42. The molecule has 1 rings (SSSR count). The Morgan fingerprint density at radius 3 is 2.29 bits per heavy atom. The first kappa shape index (κ1) is 10.8. The monoisotopic (exact) mass is 187 g/mol. The molecule has 14 heavy (non-hydrogen) atoms. The Kier molecular flexibility index (Phi) is 2.96. The zero-order valence-electron chi connectivity index (χ0n) is 9.39. The van der Waals surface area contributed by atoms with Crippen LogP contribution in [0.25, 0.3) is 0 Å². The summed E-state index contributed by atoms with van der Waals surface area (Å²) < 4.78 is 0. The van der Waals surface area contributed by atoms with E-state index in [9.17, 15) is 0 Å². The van der Waals surface area contributed by atoms with Gasteiger partial charge >= 0.3 is 0 Å². The Morgan fingerprint density at radius 2 is 1.86 bits per heavy atom. The Bertz CT molecular complexity index is 364. The van der Waals surface area contributed by atoms with Crippen molar-refractivity contribution >= 4 is 0 Å². The lowest BCUT2D eigenvalue weighted by atomic mass is 9.85. The number of hydrogen-bond acceptors (Lipinski definition) is 1. The molecule has 0 aliphatic heterocycles. The van der Waals surface area contributed by atoms with Gasteiger partial charge < -0.3 is 0 Å². The third kappa shape index (κ3) is 2.35. The van der Waals surface area contributed by atoms with Crippen molar-refractivity contribution in [2.24, 2.45) is 0 Å². The third-order valence-corrected chi connectivity index (χ3v) is 2.40. The molecule has 0 heterocycles. The minimum absolute atomic E-state index is 0.122. The Balaban J connectivity index is 3.26. The summed E-state index contributed by atoms with van der Waals surface area (Å²) in [5.74, 6) is 0. The van der Waals surface area contributed by atoms with Crippen molar-refractivity contribution in [2.45, 2.75) is 39.5 Å². The van der Waals surface area contributed by atoms with Crippen molar-refractivity contribution in [3.05, 3.63) is 34.9 Å². The fourth-order valence-electron chi connectivity index (χ4n) is 1.39. The van der Waals surface area contributed by atoms with Gasteiger partial charge in [-0.25, -0.2) is 0 Å². The summed E-state index contributed by atoms with van der Waals surface area (Å²) in [6, 6.07) is 8.36. The Hall–Kier alpha value is -1.29. The topological polar surface area (TPSA) is 23.8 Å². The molecule has 0 unspecified atom stereocenters. The largest absolute Gasteiger partial charge is 0.192 e. The van der Waals surface area contributed by atoms with E-state index >= 15 is 0 Å². The molecule has 0 aromatic heterocycles. The highest BCUT2D eigenvalue weighted by atomic mass is 14.2. The summed E-state index contributed by atoms with van der Waals surface area (Å²) in [4.78, 5) is 0. The van der Waals surface area contributed by atoms with E-state index in [1.54, 1.807) is 0 Å². The standard InChI is InChI=1S/C13H17N/c1-5-10-6-11(9-14)8-12(7-10)13(2,3)4/h6-8H,5H2,1-4H3. The van der Waals surface area contributed by atoms with Gasteiger partial charge in [-0.15, -0.1) is 0 Å². The van der Waals surface area contributed by atoms with E-state index in [1.807, 2.05) is 12.1 Å². The van der Waals surface area contributed by atoms with Crippen LogP contribution >= 0.6 is 0 Å².